The fourth-order valence-corrected chi connectivity index (χ4v) is 6.51. The molecule has 0 amide bonds. The molecule has 1 aromatic heterocycles. The van der Waals surface area contributed by atoms with Gasteiger partial charge < -0.3 is 14.6 Å². The predicted molar refractivity (Wildman–Crippen MR) is 173 cm³/mol. The number of carboxylic acid groups (broad SMARTS) is 1. The van der Waals surface area contributed by atoms with Crippen LogP contribution in [0.5, 0.6) is 5.75 Å². The summed E-state index contributed by atoms with van der Waals surface area (Å²) in [6, 6.07) is 19.3. The second-order valence-electron chi connectivity index (χ2n) is 10.6. The molecular weight excluding hydrogens is 644 g/mol. The number of nitrogens with zero attached hydrogens (tertiary/aromatic N) is 2. The van der Waals surface area contributed by atoms with Gasteiger partial charge in [-0.25, -0.2) is 14.6 Å². The molecule has 0 bridgehead atoms. The molecule has 1 aliphatic rings. The summed E-state index contributed by atoms with van der Waals surface area (Å²) >= 11 is 4.83. The molecule has 0 saturated carbocycles. The van der Waals surface area contributed by atoms with Crippen molar-refractivity contribution in [3.8, 4) is 5.75 Å². The number of hydrogen-bond donors (Lipinski definition) is 1. The first kappa shape index (κ1) is 31.2. The molecule has 10 heteroatoms. The highest BCUT2D eigenvalue weighted by atomic mass is 79.9. The first-order valence-electron chi connectivity index (χ1n) is 14.1. The van der Waals surface area contributed by atoms with Crippen LogP contribution < -0.4 is 19.6 Å². The molecule has 2 heterocycles. The van der Waals surface area contributed by atoms with Crippen LogP contribution >= 0.6 is 27.3 Å². The van der Waals surface area contributed by atoms with E-state index >= 15 is 0 Å². The van der Waals surface area contributed by atoms with Gasteiger partial charge in [-0.1, -0.05) is 67.6 Å². The van der Waals surface area contributed by atoms with Crippen LogP contribution in [0.4, 0.5) is 0 Å². The molecule has 0 radical (unpaired) electrons. The Labute approximate surface area is 266 Å². The Morgan fingerprint density at radius 3 is 2.41 bits per heavy atom. The van der Waals surface area contributed by atoms with Crippen molar-refractivity contribution in [3.63, 3.8) is 0 Å². The van der Waals surface area contributed by atoms with E-state index in [4.69, 9.17) is 14.6 Å². The van der Waals surface area contributed by atoms with E-state index in [-0.39, 0.29) is 24.3 Å². The summed E-state index contributed by atoms with van der Waals surface area (Å²) in [7, 11) is 0. The number of carboxylic acids is 1. The number of allylic oxidation sites excluding steroid dienone is 1. The molecule has 1 N–H and O–H groups in total. The average molecular weight is 676 g/mol. The van der Waals surface area contributed by atoms with Gasteiger partial charge >= 0.3 is 11.9 Å². The average Bonchev–Trinajstić information content (AvgIpc) is 3.30. The number of aromatic carboxylic acids is 1. The largest absolute Gasteiger partial charge is 0.488 e. The topological polar surface area (TPSA) is 107 Å². The number of hydrogen-bond acceptors (Lipinski definition) is 7. The second kappa shape index (κ2) is 13.2. The summed E-state index contributed by atoms with van der Waals surface area (Å²) in [5.74, 6) is -0.522. The van der Waals surface area contributed by atoms with E-state index < -0.39 is 18.0 Å². The number of aromatic nitrogens is 1. The molecule has 1 atom stereocenters. The van der Waals surface area contributed by atoms with Gasteiger partial charge in [-0.15, -0.1) is 0 Å². The Morgan fingerprint density at radius 2 is 1.80 bits per heavy atom. The minimum absolute atomic E-state index is 0.213. The molecule has 44 heavy (non-hydrogen) atoms. The molecular formula is C34H31BrN2O6S. The maximum atomic E-state index is 13.9. The molecule has 0 aliphatic carbocycles. The maximum Gasteiger partial charge on any atom is 0.338 e. The van der Waals surface area contributed by atoms with E-state index in [9.17, 15) is 14.4 Å². The minimum Gasteiger partial charge on any atom is -0.488 e. The second-order valence-corrected chi connectivity index (χ2v) is 12.5. The third-order valence-corrected chi connectivity index (χ3v) is 8.89. The fraction of sp³-hybridized carbons (Fsp3) is 0.235. The summed E-state index contributed by atoms with van der Waals surface area (Å²) in [5.41, 5.74) is 4.42. The highest BCUT2D eigenvalue weighted by Crippen LogP contribution is 2.32. The van der Waals surface area contributed by atoms with Crippen LogP contribution in [0.3, 0.4) is 0 Å². The van der Waals surface area contributed by atoms with Gasteiger partial charge in [0.25, 0.3) is 5.56 Å². The number of rotatable bonds is 9. The van der Waals surface area contributed by atoms with Gasteiger partial charge in [-0.2, -0.15) is 0 Å². The molecule has 4 aromatic rings. The highest BCUT2D eigenvalue weighted by molar-refractivity contribution is 9.10. The number of carbonyl (C=O) groups is 2. The van der Waals surface area contributed by atoms with Crippen molar-refractivity contribution < 1.29 is 24.2 Å². The molecule has 0 saturated heterocycles. The van der Waals surface area contributed by atoms with E-state index in [2.05, 4.69) is 34.8 Å². The molecule has 0 spiro atoms. The third-order valence-electron chi connectivity index (χ3n) is 7.28. The summed E-state index contributed by atoms with van der Waals surface area (Å²) in [5, 5.41) is 9.09. The maximum absolute atomic E-state index is 13.9. The lowest BCUT2D eigenvalue weighted by atomic mass is 9.93. The zero-order valence-electron chi connectivity index (χ0n) is 24.7. The van der Waals surface area contributed by atoms with Gasteiger partial charge in [0, 0.05) is 0 Å². The van der Waals surface area contributed by atoms with Crippen LogP contribution in [-0.4, -0.2) is 28.2 Å². The number of benzene rings is 3. The lowest BCUT2D eigenvalue weighted by Crippen LogP contribution is -2.39. The first-order chi connectivity index (χ1) is 21.1. The van der Waals surface area contributed by atoms with Crippen LogP contribution in [0, 0.1) is 0 Å². The molecule has 3 aromatic carbocycles. The molecule has 226 valence electrons. The summed E-state index contributed by atoms with van der Waals surface area (Å²) in [4.78, 5) is 43.3. The van der Waals surface area contributed by atoms with E-state index in [1.54, 1.807) is 42.7 Å². The summed E-state index contributed by atoms with van der Waals surface area (Å²) in [6.45, 7) is 8.23. The van der Waals surface area contributed by atoms with Crippen LogP contribution in [-0.2, 0) is 16.1 Å². The van der Waals surface area contributed by atoms with Crippen LogP contribution in [0.25, 0.3) is 6.08 Å². The number of fused-ring (bicyclic) bond motifs is 1. The molecule has 0 unspecified atom stereocenters. The normalized spacial score (nSPS) is 14.8. The molecule has 8 nitrogen and oxygen atoms in total. The smallest absolute Gasteiger partial charge is 0.338 e. The van der Waals surface area contributed by atoms with E-state index in [0.29, 0.717) is 36.7 Å². The van der Waals surface area contributed by atoms with Crippen LogP contribution in [0.15, 0.2) is 92.3 Å². The van der Waals surface area contributed by atoms with Crippen molar-refractivity contribution in [2.45, 2.75) is 46.3 Å². The standard InChI is InChI=1S/C34H31BrN2O6S/c1-5-42-33(41)29-20(4)36-34-37(30(29)24-13-11-23(12-14-24)19(2)3)31(38)28(44-34)17-22-8-15-27(26(35)16-22)43-18-21-6-9-25(10-7-21)32(39)40/h6-17,19,30H,5,18H2,1-4H3,(H,39,40)/b28-17+/t30-/m0/s1. The van der Waals surface area contributed by atoms with Crippen molar-refractivity contribution in [1.29, 1.82) is 0 Å². The number of carbonyl (C=O) groups excluding carboxylic acids is 1. The number of esters is 1. The Balaban J connectivity index is 1.48. The Hall–Kier alpha value is -4.28. The van der Waals surface area contributed by atoms with Crippen molar-refractivity contribution in [3.05, 3.63) is 130 Å². The number of thiazole rings is 1. The monoisotopic (exact) mass is 674 g/mol. The first-order valence-corrected chi connectivity index (χ1v) is 15.7. The molecule has 5 rings (SSSR count). The number of ether oxygens (including phenoxy) is 2. The van der Waals surface area contributed by atoms with Crippen molar-refractivity contribution in [2.75, 3.05) is 6.61 Å². The lowest BCUT2D eigenvalue weighted by molar-refractivity contribution is -0.139. The van der Waals surface area contributed by atoms with Crippen molar-refractivity contribution in [2.24, 2.45) is 4.99 Å². The lowest BCUT2D eigenvalue weighted by Gasteiger charge is -2.25. The zero-order chi connectivity index (χ0) is 31.5. The summed E-state index contributed by atoms with van der Waals surface area (Å²) in [6.07, 6.45) is 1.80. The van der Waals surface area contributed by atoms with E-state index in [1.807, 2.05) is 36.4 Å². The van der Waals surface area contributed by atoms with Gasteiger partial charge in [-0.05, 0) is 88.3 Å². The Bertz CT molecular complexity index is 1940. The molecule has 1 aliphatic heterocycles. The third kappa shape index (κ3) is 6.46. The SMILES string of the molecule is CCOC(=O)C1=C(C)N=c2s/c(=C/c3ccc(OCc4ccc(C(=O)O)cc4)c(Br)c3)c(=O)n2[C@H]1c1ccc(C(C)C)cc1. The van der Waals surface area contributed by atoms with Gasteiger partial charge in [0.15, 0.2) is 4.80 Å². The predicted octanol–water partition coefficient (Wildman–Crippen LogP) is 5.96. The number of halogens is 1. The Morgan fingerprint density at radius 1 is 1.09 bits per heavy atom. The highest BCUT2D eigenvalue weighted by Gasteiger charge is 2.33. The zero-order valence-corrected chi connectivity index (χ0v) is 27.1. The van der Waals surface area contributed by atoms with Gasteiger partial charge in [0.05, 0.1) is 38.5 Å². The van der Waals surface area contributed by atoms with Crippen molar-refractivity contribution >= 4 is 45.3 Å². The Kier molecular flexibility index (Phi) is 9.31. The van der Waals surface area contributed by atoms with Gasteiger partial charge in [0.2, 0.25) is 0 Å². The van der Waals surface area contributed by atoms with Crippen LogP contribution in [0.2, 0.25) is 0 Å². The minimum atomic E-state index is -0.978. The van der Waals surface area contributed by atoms with Gasteiger partial charge in [0.1, 0.15) is 12.4 Å². The summed E-state index contributed by atoms with van der Waals surface area (Å²) < 4.78 is 14.1. The fourth-order valence-electron chi connectivity index (χ4n) is 4.95. The molecule has 0 fully saturated rings. The quantitative estimate of drug-likeness (QED) is 0.220. The van der Waals surface area contributed by atoms with E-state index in [1.165, 1.54) is 23.5 Å². The van der Waals surface area contributed by atoms with Gasteiger partial charge in [-0.3, -0.25) is 9.36 Å². The van der Waals surface area contributed by atoms with Crippen LogP contribution in [0.1, 0.15) is 72.3 Å². The van der Waals surface area contributed by atoms with Crippen molar-refractivity contribution in [1.82, 2.24) is 4.57 Å². The van der Waals surface area contributed by atoms with E-state index in [0.717, 1.165) is 22.3 Å².